The Morgan fingerprint density at radius 1 is 1.62 bits per heavy atom. The molecule has 2 heterocycles. The fraction of sp³-hybridized carbons (Fsp3) is 0.583. The Morgan fingerprint density at radius 3 is 3.12 bits per heavy atom. The molecule has 1 fully saturated rings. The highest BCUT2D eigenvalue weighted by atomic mass is 79.9. The van der Waals surface area contributed by atoms with Crippen LogP contribution >= 0.6 is 15.9 Å². The zero-order valence-corrected chi connectivity index (χ0v) is 11.1. The van der Waals surface area contributed by atoms with Crippen molar-refractivity contribution in [1.82, 2.24) is 9.88 Å². The van der Waals surface area contributed by atoms with Gasteiger partial charge in [-0.3, -0.25) is 4.79 Å². The summed E-state index contributed by atoms with van der Waals surface area (Å²) in [7, 11) is 0. The average Bonchev–Trinajstić information content (AvgIpc) is 2.27. The molecule has 1 aromatic rings. The van der Waals surface area contributed by atoms with Crippen molar-refractivity contribution in [1.29, 1.82) is 0 Å². The molecule has 0 aromatic carbocycles. The molecular weight excluding hydrogens is 268 g/mol. The highest BCUT2D eigenvalue weighted by molar-refractivity contribution is 9.10. The molecular formula is C12H17BrN2O. The largest absolute Gasteiger partial charge is 0.316 e. The Morgan fingerprint density at radius 2 is 2.44 bits per heavy atom. The fourth-order valence-electron chi connectivity index (χ4n) is 2.14. The summed E-state index contributed by atoms with van der Waals surface area (Å²) in [5.41, 5.74) is 1.11. The minimum absolute atomic E-state index is 0.103. The monoisotopic (exact) mass is 284 g/mol. The van der Waals surface area contributed by atoms with Gasteiger partial charge in [-0.05, 0) is 60.3 Å². The molecule has 0 bridgehead atoms. The van der Waals surface area contributed by atoms with Crippen LogP contribution in [0.3, 0.4) is 0 Å². The van der Waals surface area contributed by atoms with E-state index in [0.717, 1.165) is 29.7 Å². The molecule has 3 nitrogen and oxygen atoms in total. The Labute approximate surface area is 104 Å². The van der Waals surface area contributed by atoms with E-state index in [1.807, 2.05) is 17.7 Å². The molecule has 2 rings (SSSR count). The van der Waals surface area contributed by atoms with Crippen molar-refractivity contribution in [2.45, 2.75) is 26.3 Å². The molecule has 4 heteroatoms. The van der Waals surface area contributed by atoms with Gasteiger partial charge in [-0.2, -0.15) is 0 Å². The first-order valence-electron chi connectivity index (χ1n) is 5.74. The van der Waals surface area contributed by atoms with Crippen molar-refractivity contribution < 1.29 is 0 Å². The van der Waals surface area contributed by atoms with Gasteiger partial charge in [0, 0.05) is 23.3 Å². The summed E-state index contributed by atoms with van der Waals surface area (Å²) in [5, 5.41) is 3.37. The van der Waals surface area contributed by atoms with Crippen LogP contribution in [0.5, 0.6) is 0 Å². The number of nitrogens with one attached hydrogen (secondary N) is 1. The van der Waals surface area contributed by atoms with E-state index in [2.05, 4.69) is 21.2 Å². The van der Waals surface area contributed by atoms with E-state index >= 15 is 0 Å². The highest BCUT2D eigenvalue weighted by Crippen LogP contribution is 2.15. The van der Waals surface area contributed by atoms with Crippen molar-refractivity contribution in [3.05, 3.63) is 32.7 Å². The zero-order valence-electron chi connectivity index (χ0n) is 9.50. The van der Waals surface area contributed by atoms with Gasteiger partial charge in [0.25, 0.3) is 5.56 Å². The van der Waals surface area contributed by atoms with Crippen LogP contribution in [0.4, 0.5) is 0 Å². The number of piperidine rings is 1. The molecule has 1 aliphatic rings. The van der Waals surface area contributed by atoms with Crippen LogP contribution in [0.25, 0.3) is 0 Å². The van der Waals surface area contributed by atoms with Crippen LogP contribution in [0.1, 0.15) is 18.4 Å². The molecule has 0 aliphatic carbocycles. The van der Waals surface area contributed by atoms with Gasteiger partial charge in [0.2, 0.25) is 0 Å². The summed E-state index contributed by atoms with van der Waals surface area (Å²) in [4.78, 5) is 11.8. The lowest BCUT2D eigenvalue weighted by Crippen LogP contribution is -2.34. The molecule has 0 amide bonds. The van der Waals surface area contributed by atoms with Crippen molar-refractivity contribution in [3.8, 4) is 0 Å². The molecule has 1 unspecified atom stereocenters. The van der Waals surface area contributed by atoms with Gasteiger partial charge in [-0.1, -0.05) is 0 Å². The van der Waals surface area contributed by atoms with Crippen molar-refractivity contribution >= 4 is 15.9 Å². The maximum absolute atomic E-state index is 11.8. The van der Waals surface area contributed by atoms with E-state index in [9.17, 15) is 4.79 Å². The summed E-state index contributed by atoms with van der Waals surface area (Å²) in [6, 6.07) is 1.69. The van der Waals surface area contributed by atoms with Crippen LogP contribution in [0.2, 0.25) is 0 Å². The minimum Gasteiger partial charge on any atom is -0.316 e. The molecule has 16 heavy (non-hydrogen) atoms. The third kappa shape index (κ3) is 2.74. The summed E-state index contributed by atoms with van der Waals surface area (Å²) in [5.74, 6) is 0.584. The fourth-order valence-corrected chi connectivity index (χ4v) is 2.50. The van der Waals surface area contributed by atoms with Crippen molar-refractivity contribution in [3.63, 3.8) is 0 Å². The number of nitrogens with zero attached hydrogens (tertiary/aromatic N) is 1. The molecule has 1 aliphatic heterocycles. The second kappa shape index (κ2) is 5.15. The first-order valence-corrected chi connectivity index (χ1v) is 6.53. The second-order valence-electron chi connectivity index (χ2n) is 4.51. The van der Waals surface area contributed by atoms with E-state index in [1.165, 1.54) is 12.8 Å². The second-order valence-corrected chi connectivity index (χ2v) is 5.36. The molecule has 1 saturated heterocycles. The average molecular weight is 285 g/mol. The van der Waals surface area contributed by atoms with Gasteiger partial charge in [0.05, 0.1) is 0 Å². The van der Waals surface area contributed by atoms with Crippen LogP contribution in [0.15, 0.2) is 21.5 Å². The lowest BCUT2D eigenvalue weighted by Gasteiger charge is -2.23. The predicted octanol–water partition coefficient (Wildman–Crippen LogP) is 1.92. The van der Waals surface area contributed by atoms with E-state index in [4.69, 9.17) is 0 Å². The summed E-state index contributed by atoms with van der Waals surface area (Å²) >= 11 is 3.47. The number of hydrogen-bond acceptors (Lipinski definition) is 2. The van der Waals surface area contributed by atoms with Gasteiger partial charge in [0.1, 0.15) is 0 Å². The van der Waals surface area contributed by atoms with Gasteiger partial charge in [-0.15, -0.1) is 0 Å². The molecule has 0 radical (unpaired) electrons. The smallest absolute Gasteiger partial charge is 0.250 e. The van der Waals surface area contributed by atoms with E-state index < -0.39 is 0 Å². The molecule has 88 valence electrons. The summed E-state index contributed by atoms with van der Waals surface area (Å²) < 4.78 is 2.82. The van der Waals surface area contributed by atoms with Gasteiger partial charge >= 0.3 is 0 Å². The molecule has 1 N–H and O–H groups in total. The standard InChI is InChI=1S/C12H17BrN2O/c1-9-5-12(16)15(8-11(9)13)7-10-3-2-4-14-6-10/h5,8,10,14H,2-4,6-7H2,1H3. The molecule has 0 saturated carbocycles. The Balaban J connectivity index is 2.14. The first-order chi connectivity index (χ1) is 7.66. The van der Waals surface area contributed by atoms with Gasteiger partial charge < -0.3 is 9.88 Å². The molecule has 0 spiro atoms. The number of halogens is 1. The highest BCUT2D eigenvalue weighted by Gasteiger charge is 2.14. The SMILES string of the molecule is Cc1cc(=O)n(CC2CCCNC2)cc1Br. The number of pyridine rings is 1. The Bertz CT molecular complexity index is 422. The lowest BCUT2D eigenvalue weighted by molar-refractivity contribution is 0.333. The quantitative estimate of drug-likeness (QED) is 0.900. The minimum atomic E-state index is 0.103. The Hall–Kier alpha value is -0.610. The van der Waals surface area contributed by atoms with Crippen molar-refractivity contribution in [2.75, 3.05) is 13.1 Å². The topological polar surface area (TPSA) is 34.0 Å². The van der Waals surface area contributed by atoms with Crippen molar-refractivity contribution in [2.24, 2.45) is 5.92 Å². The predicted molar refractivity (Wildman–Crippen MR) is 68.7 cm³/mol. The van der Waals surface area contributed by atoms with Crippen LogP contribution < -0.4 is 10.9 Å². The third-order valence-corrected chi connectivity index (χ3v) is 3.95. The van der Waals surface area contributed by atoms with Gasteiger partial charge in [0.15, 0.2) is 0 Å². The molecule has 1 aromatic heterocycles. The van der Waals surface area contributed by atoms with Crippen LogP contribution in [0, 0.1) is 12.8 Å². The van der Waals surface area contributed by atoms with Crippen LogP contribution in [-0.2, 0) is 6.54 Å². The third-order valence-electron chi connectivity index (χ3n) is 3.12. The summed E-state index contributed by atoms with van der Waals surface area (Å²) in [6.45, 7) is 4.91. The maximum atomic E-state index is 11.8. The Kier molecular flexibility index (Phi) is 3.82. The number of rotatable bonds is 2. The number of hydrogen-bond donors (Lipinski definition) is 1. The van der Waals surface area contributed by atoms with E-state index in [-0.39, 0.29) is 5.56 Å². The number of aryl methyl sites for hydroxylation is 1. The molecule has 1 atom stereocenters. The normalized spacial score (nSPS) is 21.0. The van der Waals surface area contributed by atoms with Gasteiger partial charge in [-0.25, -0.2) is 0 Å². The zero-order chi connectivity index (χ0) is 11.5. The van der Waals surface area contributed by atoms with E-state index in [0.29, 0.717) is 5.92 Å². The maximum Gasteiger partial charge on any atom is 0.250 e. The summed E-state index contributed by atoms with van der Waals surface area (Å²) in [6.07, 6.45) is 4.34. The first kappa shape index (κ1) is 11.9. The number of aromatic nitrogens is 1. The van der Waals surface area contributed by atoms with Crippen LogP contribution in [-0.4, -0.2) is 17.7 Å². The lowest BCUT2D eigenvalue weighted by atomic mass is 9.99. The van der Waals surface area contributed by atoms with E-state index in [1.54, 1.807) is 6.07 Å².